The molecule has 1 saturated heterocycles. The van der Waals surface area contributed by atoms with Crippen molar-refractivity contribution in [2.24, 2.45) is 0 Å². The summed E-state index contributed by atoms with van der Waals surface area (Å²) in [6, 6.07) is 21.3. The number of methoxy groups -OCH3 is 2. The van der Waals surface area contributed by atoms with Crippen molar-refractivity contribution >= 4 is 5.91 Å². The minimum Gasteiger partial charge on any atom is -0.493 e. The predicted octanol–water partition coefficient (Wildman–Crippen LogP) is 4.64. The number of amides is 1. The Morgan fingerprint density at radius 1 is 0.974 bits per heavy atom. The molecule has 6 heteroatoms. The molecule has 3 aromatic rings. The third-order valence-corrected chi connectivity index (χ3v) is 8.03. The van der Waals surface area contributed by atoms with Crippen molar-refractivity contribution in [2.45, 2.75) is 58.4 Å². The van der Waals surface area contributed by atoms with Gasteiger partial charge in [-0.2, -0.15) is 0 Å². The molecule has 1 fully saturated rings. The Kier molecular flexibility index (Phi) is 8.01. The summed E-state index contributed by atoms with van der Waals surface area (Å²) in [5.41, 5.74) is 7.51. The number of ether oxygens (including phenoxy) is 2. The van der Waals surface area contributed by atoms with Crippen molar-refractivity contribution in [2.75, 3.05) is 27.3 Å². The minimum atomic E-state index is -0.145. The molecule has 0 spiro atoms. The highest BCUT2D eigenvalue weighted by atomic mass is 16.5. The van der Waals surface area contributed by atoms with Crippen LogP contribution in [0, 0.1) is 13.8 Å². The number of rotatable bonds is 8. The Morgan fingerprint density at radius 3 is 2.45 bits per heavy atom. The lowest BCUT2D eigenvalue weighted by Gasteiger charge is -2.34. The molecule has 200 valence electrons. The van der Waals surface area contributed by atoms with E-state index in [1.165, 1.54) is 27.8 Å². The first-order valence-electron chi connectivity index (χ1n) is 13.5. The summed E-state index contributed by atoms with van der Waals surface area (Å²) < 4.78 is 11.0. The summed E-state index contributed by atoms with van der Waals surface area (Å²) in [5.74, 6) is 1.67. The SMILES string of the molecule is COc1cc2c(cc1OC)CN(C(=O)[C@@H]1C[C@H](NCc3cc(C)ccc3C)CN1Cc1ccccc1)CC2. The number of hydrogen-bond acceptors (Lipinski definition) is 5. The van der Waals surface area contributed by atoms with Gasteiger partial charge in [-0.3, -0.25) is 9.69 Å². The Labute approximate surface area is 226 Å². The van der Waals surface area contributed by atoms with Gasteiger partial charge in [-0.05, 0) is 66.6 Å². The van der Waals surface area contributed by atoms with Crippen LogP contribution in [0.1, 0.15) is 39.8 Å². The number of aryl methyl sites for hydroxylation is 2. The van der Waals surface area contributed by atoms with E-state index in [0.29, 0.717) is 12.3 Å². The molecule has 0 aliphatic carbocycles. The van der Waals surface area contributed by atoms with Crippen LogP contribution in [0.15, 0.2) is 60.7 Å². The lowest BCUT2D eigenvalue weighted by atomic mass is 9.97. The highest BCUT2D eigenvalue weighted by molar-refractivity contribution is 5.82. The molecule has 6 nitrogen and oxygen atoms in total. The van der Waals surface area contributed by atoms with E-state index in [0.717, 1.165) is 50.3 Å². The Bertz CT molecular complexity index is 1280. The second kappa shape index (κ2) is 11.6. The van der Waals surface area contributed by atoms with E-state index in [1.54, 1.807) is 14.2 Å². The first kappa shape index (κ1) is 26.3. The number of benzene rings is 3. The van der Waals surface area contributed by atoms with Crippen LogP contribution < -0.4 is 14.8 Å². The van der Waals surface area contributed by atoms with E-state index in [-0.39, 0.29) is 18.0 Å². The van der Waals surface area contributed by atoms with Gasteiger partial charge >= 0.3 is 0 Å². The molecule has 0 saturated carbocycles. The highest BCUT2D eigenvalue weighted by Gasteiger charge is 2.39. The summed E-state index contributed by atoms with van der Waals surface area (Å²) in [7, 11) is 3.32. The average Bonchev–Trinajstić information content (AvgIpc) is 3.34. The summed E-state index contributed by atoms with van der Waals surface area (Å²) in [6.45, 7) is 8.06. The molecule has 3 aromatic carbocycles. The summed E-state index contributed by atoms with van der Waals surface area (Å²) in [4.78, 5) is 18.4. The maximum absolute atomic E-state index is 14.0. The van der Waals surface area contributed by atoms with Gasteiger partial charge in [-0.1, -0.05) is 54.1 Å². The molecule has 2 aliphatic rings. The largest absolute Gasteiger partial charge is 0.493 e. The molecule has 2 heterocycles. The monoisotopic (exact) mass is 513 g/mol. The predicted molar refractivity (Wildman–Crippen MR) is 150 cm³/mol. The van der Waals surface area contributed by atoms with Crippen molar-refractivity contribution in [3.05, 3.63) is 94.0 Å². The van der Waals surface area contributed by atoms with Gasteiger partial charge in [0.15, 0.2) is 11.5 Å². The number of likely N-dealkylation sites (tertiary alicyclic amines) is 1. The fourth-order valence-electron chi connectivity index (χ4n) is 5.83. The molecule has 5 rings (SSSR count). The fourth-order valence-corrected chi connectivity index (χ4v) is 5.83. The van der Waals surface area contributed by atoms with Gasteiger partial charge in [0.05, 0.1) is 20.3 Å². The van der Waals surface area contributed by atoms with Gasteiger partial charge in [0.2, 0.25) is 5.91 Å². The van der Waals surface area contributed by atoms with Crippen molar-refractivity contribution in [3.63, 3.8) is 0 Å². The zero-order valence-corrected chi connectivity index (χ0v) is 23.0. The number of nitrogens with zero attached hydrogens (tertiary/aromatic N) is 2. The van der Waals surface area contributed by atoms with Crippen LogP contribution in [0.4, 0.5) is 0 Å². The molecule has 2 atom stereocenters. The molecule has 0 unspecified atom stereocenters. The van der Waals surface area contributed by atoms with Crippen LogP contribution in [0.25, 0.3) is 0 Å². The van der Waals surface area contributed by atoms with Gasteiger partial charge < -0.3 is 19.7 Å². The van der Waals surface area contributed by atoms with Gasteiger partial charge in [0.1, 0.15) is 0 Å². The lowest BCUT2D eigenvalue weighted by molar-refractivity contribution is -0.137. The van der Waals surface area contributed by atoms with Crippen LogP contribution in [-0.4, -0.2) is 55.1 Å². The zero-order valence-electron chi connectivity index (χ0n) is 23.0. The third kappa shape index (κ3) is 5.71. The maximum Gasteiger partial charge on any atom is 0.240 e. The number of hydrogen-bond donors (Lipinski definition) is 1. The van der Waals surface area contributed by atoms with Crippen LogP contribution >= 0.6 is 0 Å². The van der Waals surface area contributed by atoms with Crippen LogP contribution in [0.3, 0.4) is 0 Å². The molecule has 1 N–H and O–H groups in total. The molecule has 0 radical (unpaired) electrons. The normalized spacial score (nSPS) is 19.3. The topological polar surface area (TPSA) is 54.0 Å². The zero-order chi connectivity index (χ0) is 26.6. The standard InChI is InChI=1S/C32H39N3O3/c1-22-10-11-23(2)26(14-22)18-33-28-17-29(35(21-28)19-24-8-6-5-7-9-24)32(36)34-13-12-25-15-30(37-3)31(38-4)16-27(25)20-34/h5-11,14-16,28-29,33H,12-13,17-21H2,1-4H3/t28-,29-/m0/s1. The Hall–Kier alpha value is -3.35. The molecular weight excluding hydrogens is 474 g/mol. The van der Waals surface area contributed by atoms with Crippen molar-refractivity contribution in [3.8, 4) is 11.5 Å². The smallest absolute Gasteiger partial charge is 0.240 e. The molecule has 1 amide bonds. The number of carbonyl (C=O) groups excluding carboxylic acids is 1. The highest BCUT2D eigenvalue weighted by Crippen LogP contribution is 2.34. The summed E-state index contributed by atoms with van der Waals surface area (Å²) in [6.07, 6.45) is 1.63. The van der Waals surface area contributed by atoms with Gasteiger partial charge in [-0.15, -0.1) is 0 Å². The molecule has 0 bridgehead atoms. The van der Waals surface area contributed by atoms with E-state index in [4.69, 9.17) is 9.47 Å². The van der Waals surface area contributed by atoms with Gasteiger partial charge in [0, 0.05) is 38.8 Å². The Morgan fingerprint density at radius 2 is 1.71 bits per heavy atom. The summed E-state index contributed by atoms with van der Waals surface area (Å²) >= 11 is 0. The molecule has 0 aromatic heterocycles. The number of carbonyl (C=O) groups is 1. The van der Waals surface area contributed by atoms with Crippen molar-refractivity contribution in [1.82, 2.24) is 15.1 Å². The van der Waals surface area contributed by atoms with Crippen LogP contribution in [-0.2, 0) is 30.8 Å². The van der Waals surface area contributed by atoms with Gasteiger partial charge in [0.25, 0.3) is 0 Å². The number of fused-ring (bicyclic) bond motifs is 1. The fraction of sp³-hybridized carbons (Fsp3) is 0.406. The first-order valence-corrected chi connectivity index (χ1v) is 13.5. The maximum atomic E-state index is 14.0. The number of nitrogens with one attached hydrogen (secondary N) is 1. The van der Waals surface area contributed by atoms with E-state index in [2.05, 4.69) is 72.6 Å². The molecular formula is C32H39N3O3. The van der Waals surface area contributed by atoms with E-state index < -0.39 is 0 Å². The summed E-state index contributed by atoms with van der Waals surface area (Å²) in [5, 5.41) is 3.77. The van der Waals surface area contributed by atoms with Gasteiger partial charge in [-0.25, -0.2) is 0 Å². The first-order chi connectivity index (χ1) is 18.4. The average molecular weight is 514 g/mol. The van der Waals surface area contributed by atoms with E-state index >= 15 is 0 Å². The van der Waals surface area contributed by atoms with E-state index in [9.17, 15) is 4.79 Å². The second-order valence-electron chi connectivity index (χ2n) is 10.7. The minimum absolute atomic E-state index is 0.145. The molecule has 2 aliphatic heterocycles. The van der Waals surface area contributed by atoms with Crippen molar-refractivity contribution < 1.29 is 14.3 Å². The quantitative estimate of drug-likeness (QED) is 0.476. The second-order valence-corrected chi connectivity index (χ2v) is 10.7. The lowest BCUT2D eigenvalue weighted by Crippen LogP contribution is -2.47. The van der Waals surface area contributed by atoms with Crippen LogP contribution in [0.2, 0.25) is 0 Å². The third-order valence-electron chi connectivity index (χ3n) is 8.03. The Balaban J connectivity index is 1.32. The van der Waals surface area contributed by atoms with E-state index in [1.807, 2.05) is 17.0 Å². The van der Waals surface area contributed by atoms with Crippen LogP contribution in [0.5, 0.6) is 11.5 Å². The molecule has 38 heavy (non-hydrogen) atoms. The van der Waals surface area contributed by atoms with Crippen molar-refractivity contribution in [1.29, 1.82) is 0 Å².